The molecule has 4 rings (SSSR count). The molecule has 20 heavy (non-hydrogen) atoms. The summed E-state index contributed by atoms with van der Waals surface area (Å²) in [5.74, 6) is 0.697. The minimum Gasteiger partial charge on any atom is -0.273 e. The Labute approximate surface area is 114 Å². The number of rotatable bonds is 1. The first-order valence-corrected chi connectivity index (χ1v) is 6.32. The van der Waals surface area contributed by atoms with Crippen molar-refractivity contribution in [2.24, 2.45) is 7.05 Å². The van der Waals surface area contributed by atoms with E-state index in [0.29, 0.717) is 11.5 Å². The molecule has 0 saturated carbocycles. The van der Waals surface area contributed by atoms with Gasteiger partial charge in [-0.15, -0.1) is 5.10 Å². The highest BCUT2D eigenvalue weighted by atomic mass is 15.3. The lowest BCUT2D eigenvalue weighted by Crippen LogP contribution is -1.90. The molecule has 3 heterocycles. The molecule has 0 bridgehead atoms. The average Bonchev–Trinajstić information content (AvgIpc) is 3.01. The molecule has 0 saturated heterocycles. The molecule has 0 unspecified atom stereocenters. The predicted octanol–water partition coefficient (Wildman–Crippen LogP) is 1.99. The number of fused-ring (bicyclic) bond motifs is 3. The first-order chi connectivity index (χ1) is 9.70. The maximum Gasteiger partial charge on any atom is 0.186 e. The summed E-state index contributed by atoms with van der Waals surface area (Å²) in [5.41, 5.74) is 3.67. The van der Waals surface area contributed by atoms with Crippen molar-refractivity contribution in [3.05, 3.63) is 42.4 Å². The smallest absolute Gasteiger partial charge is 0.186 e. The molecule has 0 spiro atoms. The van der Waals surface area contributed by atoms with E-state index in [1.54, 1.807) is 15.5 Å². The highest BCUT2D eigenvalue weighted by molar-refractivity contribution is 5.88. The fraction of sp³-hybridized carbons (Fsp3) is 0.143. The molecule has 0 amide bonds. The van der Waals surface area contributed by atoms with Gasteiger partial charge in [0.05, 0.1) is 5.39 Å². The van der Waals surface area contributed by atoms with Crippen LogP contribution >= 0.6 is 0 Å². The van der Waals surface area contributed by atoms with Gasteiger partial charge in [-0.05, 0) is 6.92 Å². The number of nitrogens with zero attached hydrogens (tertiary/aromatic N) is 6. The van der Waals surface area contributed by atoms with Crippen LogP contribution in [0.4, 0.5) is 0 Å². The summed E-state index contributed by atoms with van der Waals surface area (Å²) >= 11 is 0. The summed E-state index contributed by atoms with van der Waals surface area (Å²) in [6.45, 7) is 2.06. The van der Waals surface area contributed by atoms with Crippen molar-refractivity contribution in [2.75, 3.05) is 0 Å². The van der Waals surface area contributed by atoms with Gasteiger partial charge in [0.15, 0.2) is 17.1 Å². The van der Waals surface area contributed by atoms with E-state index in [9.17, 15) is 0 Å². The summed E-state index contributed by atoms with van der Waals surface area (Å²) in [7, 11) is 1.87. The van der Waals surface area contributed by atoms with Crippen LogP contribution in [0.15, 0.2) is 36.8 Å². The molecule has 0 aliphatic rings. The Morgan fingerprint density at radius 2 is 1.85 bits per heavy atom. The van der Waals surface area contributed by atoms with Crippen molar-refractivity contribution in [3.63, 3.8) is 0 Å². The van der Waals surface area contributed by atoms with Crippen molar-refractivity contribution < 1.29 is 0 Å². The molecule has 0 N–H and O–H groups in total. The van der Waals surface area contributed by atoms with Gasteiger partial charge in [-0.25, -0.2) is 14.5 Å². The summed E-state index contributed by atoms with van der Waals surface area (Å²) in [4.78, 5) is 8.89. The van der Waals surface area contributed by atoms with Crippen LogP contribution in [0.5, 0.6) is 0 Å². The molecule has 4 aromatic rings. The van der Waals surface area contributed by atoms with Crippen LogP contribution in [0.25, 0.3) is 28.1 Å². The normalized spacial score (nSPS) is 11.5. The molecule has 0 aliphatic heterocycles. The molecule has 0 radical (unpaired) electrons. The first-order valence-electron chi connectivity index (χ1n) is 6.32. The van der Waals surface area contributed by atoms with E-state index >= 15 is 0 Å². The van der Waals surface area contributed by atoms with Gasteiger partial charge in [0, 0.05) is 18.8 Å². The van der Waals surface area contributed by atoms with Crippen LogP contribution in [0.3, 0.4) is 0 Å². The molecular weight excluding hydrogens is 252 g/mol. The molecule has 0 fully saturated rings. The second-order valence-electron chi connectivity index (χ2n) is 4.85. The van der Waals surface area contributed by atoms with Crippen molar-refractivity contribution in [2.45, 2.75) is 6.92 Å². The first kappa shape index (κ1) is 11.1. The van der Waals surface area contributed by atoms with Crippen molar-refractivity contribution >= 4 is 16.7 Å². The molecule has 0 atom stereocenters. The largest absolute Gasteiger partial charge is 0.273 e. The zero-order chi connectivity index (χ0) is 13.7. The van der Waals surface area contributed by atoms with Crippen LogP contribution in [0.2, 0.25) is 0 Å². The van der Waals surface area contributed by atoms with Gasteiger partial charge >= 0.3 is 0 Å². The van der Waals surface area contributed by atoms with E-state index < -0.39 is 0 Å². The van der Waals surface area contributed by atoms with Gasteiger partial charge < -0.3 is 0 Å². The van der Waals surface area contributed by atoms with E-state index in [-0.39, 0.29) is 0 Å². The van der Waals surface area contributed by atoms with Gasteiger partial charge in [0.25, 0.3) is 0 Å². The zero-order valence-corrected chi connectivity index (χ0v) is 11.1. The average molecular weight is 264 g/mol. The number of aromatic nitrogens is 6. The van der Waals surface area contributed by atoms with Crippen molar-refractivity contribution in [3.8, 4) is 11.4 Å². The van der Waals surface area contributed by atoms with E-state index in [0.717, 1.165) is 16.6 Å². The number of hydrogen-bond donors (Lipinski definition) is 0. The lowest BCUT2D eigenvalue weighted by Gasteiger charge is -1.94. The SMILES string of the molecule is Cc1ccc(-c2nc3c4cn(C)nc4ncn3n2)cc1. The third kappa shape index (κ3) is 1.58. The van der Waals surface area contributed by atoms with Crippen LogP contribution in [0.1, 0.15) is 5.56 Å². The van der Waals surface area contributed by atoms with E-state index in [1.807, 2.05) is 25.4 Å². The third-order valence-electron chi connectivity index (χ3n) is 3.28. The quantitative estimate of drug-likeness (QED) is 0.527. The lowest BCUT2D eigenvalue weighted by molar-refractivity contribution is 0.775. The van der Waals surface area contributed by atoms with Crippen LogP contribution < -0.4 is 0 Å². The number of benzene rings is 1. The molecule has 1 aromatic carbocycles. The predicted molar refractivity (Wildman–Crippen MR) is 75.2 cm³/mol. The summed E-state index contributed by atoms with van der Waals surface area (Å²) in [5, 5.41) is 9.66. The molecule has 6 nitrogen and oxygen atoms in total. The Hall–Kier alpha value is -2.76. The number of hydrogen-bond acceptors (Lipinski definition) is 4. The summed E-state index contributed by atoms with van der Waals surface area (Å²) in [6, 6.07) is 8.16. The van der Waals surface area contributed by atoms with Crippen molar-refractivity contribution in [1.82, 2.24) is 29.4 Å². The molecule has 98 valence electrons. The fourth-order valence-corrected chi connectivity index (χ4v) is 2.25. The Balaban J connectivity index is 1.98. The van der Waals surface area contributed by atoms with E-state index in [1.165, 1.54) is 5.56 Å². The zero-order valence-electron chi connectivity index (χ0n) is 11.1. The van der Waals surface area contributed by atoms with Crippen LogP contribution in [-0.4, -0.2) is 29.4 Å². The maximum atomic E-state index is 4.61. The lowest BCUT2D eigenvalue weighted by atomic mass is 10.1. The second kappa shape index (κ2) is 3.86. The van der Waals surface area contributed by atoms with Crippen molar-refractivity contribution in [1.29, 1.82) is 0 Å². The molecule has 6 heteroatoms. The third-order valence-corrected chi connectivity index (χ3v) is 3.28. The molecule has 3 aromatic heterocycles. The topological polar surface area (TPSA) is 60.9 Å². The Morgan fingerprint density at radius 1 is 1.05 bits per heavy atom. The second-order valence-corrected chi connectivity index (χ2v) is 4.85. The van der Waals surface area contributed by atoms with Gasteiger partial charge in [-0.2, -0.15) is 5.10 Å². The van der Waals surface area contributed by atoms with E-state index in [4.69, 9.17) is 0 Å². The number of aryl methyl sites for hydroxylation is 2. The molecule has 0 aliphatic carbocycles. The minimum absolute atomic E-state index is 0.683. The Kier molecular flexibility index (Phi) is 2.14. The molecular formula is C14H12N6. The van der Waals surface area contributed by atoms with Gasteiger partial charge in [-0.3, -0.25) is 4.68 Å². The van der Waals surface area contributed by atoms with Crippen LogP contribution in [-0.2, 0) is 7.05 Å². The summed E-state index contributed by atoms with van der Waals surface area (Å²) in [6.07, 6.45) is 3.56. The standard InChI is InChI=1S/C14H12N6/c1-9-3-5-10(6-4-9)12-16-14-11-7-19(2)17-13(11)15-8-20(14)18-12/h3-8H,1-2H3. The summed E-state index contributed by atoms with van der Waals surface area (Å²) < 4.78 is 3.43. The Bertz CT molecular complexity index is 916. The van der Waals surface area contributed by atoms with Crippen LogP contribution in [0, 0.1) is 6.92 Å². The highest BCUT2D eigenvalue weighted by Gasteiger charge is 2.11. The fourth-order valence-electron chi connectivity index (χ4n) is 2.25. The monoisotopic (exact) mass is 264 g/mol. The van der Waals surface area contributed by atoms with Gasteiger partial charge in [0.2, 0.25) is 0 Å². The maximum absolute atomic E-state index is 4.61. The van der Waals surface area contributed by atoms with Gasteiger partial charge in [-0.1, -0.05) is 29.8 Å². The Morgan fingerprint density at radius 3 is 2.65 bits per heavy atom. The highest BCUT2D eigenvalue weighted by Crippen LogP contribution is 2.20. The van der Waals surface area contributed by atoms with E-state index in [2.05, 4.69) is 39.2 Å². The van der Waals surface area contributed by atoms with Gasteiger partial charge in [0.1, 0.15) is 6.33 Å². The minimum atomic E-state index is 0.683.